The maximum absolute atomic E-state index is 12.8. The molecule has 0 bridgehead atoms. The predicted molar refractivity (Wildman–Crippen MR) is 93.8 cm³/mol. The topological polar surface area (TPSA) is 90.1 Å². The second-order valence-electron chi connectivity index (χ2n) is 5.57. The number of carbonyl (C=O) groups excluding carboxylic acids is 1. The fourth-order valence-corrected chi connectivity index (χ4v) is 2.56. The number of nitro groups is 1. The number of ketones is 1. The number of rotatable bonds is 7. The van der Waals surface area contributed by atoms with Gasteiger partial charge in [-0.1, -0.05) is 30.3 Å². The summed E-state index contributed by atoms with van der Waals surface area (Å²) in [6, 6.07) is 12.4. The zero-order valence-corrected chi connectivity index (χ0v) is 13.9. The first-order chi connectivity index (χ1) is 13.0. The number of halogens is 2. The van der Waals surface area contributed by atoms with E-state index in [0.717, 1.165) is 12.3 Å². The normalized spacial score (nSPS) is 10.8. The number of nitrogens with one attached hydrogen (secondary N) is 1. The van der Waals surface area contributed by atoms with Gasteiger partial charge in [0.2, 0.25) is 0 Å². The molecule has 27 heavy (non-hydrogen) atoms. The summed E-state index contributed by atoms with van der Waals surface area (Å²) in [7, 11) is 0. The molecule has 0 aliphatic rings. The molecular formula is C18H14F2N4O3. The molecule has 7 nitrogen and oxygen atoms in total. The second-order valence-corrected chi connectivity index (χ2v) is 5.57. The van der Waals surface area contributed by atoms with Crippen LogP contribution in [0.3, 0.4) is 0 Å². The number of hydrogen-bond donors (Lipinski definition) is 1. The van der Waals surface area contributed by atoms with Gasteiger partial charge in [-0.3, -0.25) is 19.5 Å². The molecule has 3 rings (SSSR count). The molecule has 0 aliphatic carbocycles. The van der Waals surface area contributed by atoms with E-state index in [9.17, 15) is 23.7 Å². The molecule has 0 atom stereocenters. The Balaban J connectivity index is 1.85. The number of alkyl halides is 2. The van der Waals surface area contributed by atoms with E-state index in [-0.39, 0.29) is 35.1 Å². The summed E-state index contributed by atoms with van der Waals surface area (Å²) in [5.74, 6) is -0.317. The molecule has 1 heterocycles. The molecule has 3 aromatic rings. The number of nitrogens with zero attached hydrogens (tertiary/aromatic N) is 3. The molecule has 0 aliphatic heterocycles. The fraction of sp³-hybridized carbons (Fsp3) is 0.111. The van der Waals surface area contributed by atoms with Crippen molar-refractivity contribution in [3.63, 3.8) is 0 Å². The van der Waals surface area contributed by atoms with Crippen molar-refractivity contribution < 1.29 is 18.5 Å². The summed E-state index contributed by atoms with van der Waals surface area (Å²) >= 11 is 0. The van der Waals surface area contributed by atoms with Gasteiger partial charge in [-0.25, -0.2) is 4.98 Å². The lowest BCUT2D eigenvalue weighted by Crippen LogP contribution is -2.10. The Morgan fingerprint density at radius 3 is 2.59 bits per heavy atom. The molecule has 0 radical (unpaired) electrons. The van der Waals surface area contributed by atoms with Crippen molar-refractivity contribution in [2.24, 2.45) is 0 Å². The maximum atomic E-state index is 12.8. The Hall–Kier alpha value is -3.62. The maximum Gasteiger partial charge on any atom is 0.319 e. The zero-order valence-electron chi connectivity index (χ0n) is 13.9. The van der Waals surface area contributed by atoms with Crippen LogP contribution in [0, 0.1) is 10.1 Å². The van der Waals surface area contributed by atoms with Crippen molar-refractivity contribution in [3.05, 3.63) is 88.0 Å². The van der Waals surface area contributed by atoms with Crippen molar-refractivity contribution in [1.82, 2.24) is 9.55 Å². The molecule has 0 fully saturated rings. The highest BCUT2D eigenvalue weighted by molar-refractivity contribution is 6.09. The lowest BCUT2D eigenvalue weighted by Gasteiger charge is -2.10. The third-order valence-corrected chi connectivity index (χ3v) is 3.89. The number of carbonyl (C=O) groups is 1. The quantitative estimate of drug-likeness (QED) is 0.384. The van der Waals surface area contributed by atoms with Crippen LogP contribution in [0.4, 0.5) is 20.2 Å². The van der Waals surface area contributed by atoms with Crippen molar-refractivity contribution in [2.45, 2.75) is 13.1 Å². The number of benzene rings is 2. The second kappa shape index (κ2) is 7.73. The third-order valence-electron chi connectivity index (χ3n) is 3.89. The van der Waals surface area contributed by atoms with E-state index in [1.54, 1.807) is 30.3 Å². The number of nitro benzene ring substituents is 1. The molecule has 138 valence electrons. The van der Waals surface area contributed by atoms with Crippen LogP contribution >= 0.6 is 0 Å². The van der Waals surface area contributed by atoms with Crippen LogP contribution in [-0.4, -0.2) is 20.3 Å². The fourth-order valence-electron chi connectivity index (χ4n) is 2.56. The van der Waals surface area contributed by atoms with Crippen LogP contribution in [0.5, 0.6) is 0 Å². The van der Waals surface area contributed by atoms with Gasteiger partial charge in [0.25, 0.3) is 5.69 Å². The highest BCUT2D eigenvalue weighted by Gasteiger charge is 2.19. The molecular weight excluding hydrogens is 358 g/mol. The van der Waals surface area contributed by atoms with Crippen LogP contribution in [-0.2, 0) is 6.54 Å². The van der Waals surface area contributed by atoms with Crippen LogP contribution in [0.15, 0.2) is 60.9 Å². The summed E-state index contributed by atoms with van der Waals surface area (Å²) in [5, 5.41) is 14.1. The zero-order chi connectivity index (χ0) is 19.4. The summed E-state index contributed by atoms with van der Waals surface area (Å²) in [6.45, 7) is -2.89. The molecule has 9 heteroatoms. The van der Waals surface area contributed by atoms with Gasteiger partial charge in [-0.2, -0.15) is 8.78 Å². The Labute approximate surface area is 152 Å². The Kier molecular flexibility index (Phi) is 5.20. The average molecular weight is 372 g/mol. The lowest BCUT2D eigenvalue weighted by molar-refractivity contribution is -0.384. The van der Waals surface area contributed by atoms with Crippen LogP contribution in [0.25, 0.3) is 0 Å². The van der Waals surface area contributed by atoms with E-state index in [1.165, 1.54) is 18.3 Å². The molecule has 0 amide bonds. The van der Waals surface area contributed by atoms with Gasteiger partial charge in [0.05, 0.1) is 11.5 Å². The molecule has 1 aromatic heterocycles. The van der Waals surface area contributed by atoms with Crippen molar-refractivity contribution >= 4 is 17.2 Å². The number of anilines is 1. The largest absolute Gasteiger partial charge is 0.372 e. The summed E-state index contributed by atoms with van der Waals surface area (Å²) in [6.07, 6.45) is 2.34. The summed E-state index contributed by atoms with van der Waals surface area (Å²) in [4.78, 5) is 27.0. The SMILES string of the molecule is O=C(c1ccccc1)c1ccc(NCc2nccn2C(F)F)c([N+](=O)[O-])c1. The average Bonchev–Trinajstić information content (AvgIpc) is 3.15. The van der Waals surface area contributed by atoms with Crippen LogP contribution in [0.1, 0.15) is 28.3 Å². The minimum Gasteiger partial charge on any atom is -0.372 e. The highest BCUT2D eigenvalue weighted by Crippen LogP contribution is 2.27. The number of aromatic nitrogens is 2. The first-order valence-electron chi connectivity index (χ1n) is 7.89. The predicted octanol–water partition coefficient (Wildman–Crippen LogP) is 4.03. The summed E-state index contributed by atoms with van der Waals surface area (Å²) in [5.41, 5.74) is 0.347. The van der Waals surface area contributed by atoms with Gasteiger partial charge in [-0.15, -0.1) is 0 Å². The number of hydrogen-bond acceptors (Lipinski definition) is 5. The molecule has 1 N–H and O–H groups in total. The van der Waals surface area contributed by atoms with Gasteiger partial charge < -0.3 is 5.32 Å². The van der Waals surface area contributed by atoms with E-state index in [0.29, 0.717) is 10.1 Å². The number of imidazole rings is 1. The van der Waals surface area contributed by atoms with Crippen molar-refractivity contribution in [2.75, 3.05) is 5.32 Å². The minimum atomic E-state index is -2.76. The van der Waals surface area contributed by atoms with E-state index in [4.69, 9.17) is 0 Å². The summed E-state index contributed by atoms with van der Waals surface area (Å²) < 4.78 is 26.4. The van der Waals surface area contributed by atoms with E-state index < -0.39 is 11.5 Å². The third kappa shape index (κ3) is 3.97. The smallest absolute Gasteiger partial charge is 0.319 e. The Bertz CT molecular complexity index is 974. The van der Waals surface area contributed by atoms with Gasteiger partial charge in [0.15, 0.2) is 5.78 Å². The van der Waals surface area contributed by atoms with Gasteiger partial charge in [0, 0.05) is 29.6 Å². The van der Waals surface area contributed by atoms with E-state index >= 15 is 0 Å². The van der Waals surface area contributed by atoms with Crippen molar-refractivity contribution in [3.8, 4) is 0 Å². The molecule has 2 aromatic carbocycles. The van der Waals surface area contributed by atoms with E-state index in [1.807, 2.05) is 0 Å². The van der Waals surface area contributed by atoms with Crippen LogP contribution < -0.4 is 5.32 Å². The molecule has 0 unspecified atom stereocenters. The monoisotopic (exact) mass is 372 g/mol. The highest BCUT2D eigenvalue weighted by atomic mass is 19.3. The molecule has 0 saturated carbocycles. The lowest BCUT2D eigenvalue weighted by atomic mass is 10.0. The van der Waals surface area contributed by atoms with Gasteiger partial charge in [0.1, 0.15) is 11.5 Å². The van der Waals surface area contributed by atoms with Crippen LogP contribution in [0.2, 0.25) is 0 Å². The van der Waals surface area contributed by atoms with Crippen molar-refractivity contribution in [1.29, 1.82) is 0 Å². The Morgan fingerprint density at radius 2 is 1.93 bits per heavy atom. The first kappa shape index (κ1) is 18.2. The molecule has 0 spiro atoms. The van der Waals surface area contributed by atoms with Gasteiger partial charge in [-0.05, 0) is 12.1 Å². The first-order valence-corrected chi connectivity index (χ1v) is 7.89. The standard InChI is InChI=1S/C18H14F2N4O3/c19-18(20)23-9-8-21-16(23)11-22-14-7-6-13(10-15(14)24(26)27)17(25)12-4-2-1-3-5-12/h1-10,18,22H,11H2. The van der Waals surface area contributed by atoms with E-state index in [2.05, 4.69) is 10.3 Å². The molecule has 0 saturated heterocycles. The minimum absolute atomic E-state index is 0.0312. The Morgan fingerprint density at radius 1 is 1.19 bits per heavy atom. The van der Waals surface area contributed by atoms with Gasteiger partial charge >= 0.3 is 6.55 Å².